The molecule has 0 aromatic heterocycles. The van der Waals surface area contributed by atoms with E-state index >= 15 is 0 Å². The zero-order valence-corrected chi connectivity index (χ0v) is 13.2. The highest BCUT2D eigenvalue weighted by molar-refractivity contribution is 5.78. The molecule has 0 radical (unpaired) electrons. The zero-order chi connectivity index (χ0) is 15.2. The van der Waals surface area contributed by atoms with Gasteiger partial charge in [0.2, 0.25) is 5.91 Å². The second-order valence-corrected chi connectivity index (χ2v) is 6.66. The Hall–Kier alpha value is -1.35. The maximum Gasteiger partial charge on any atom is 0.224 e. The fourth-order valence-electron chi connectivity index (χ4n) is 2.38. The van der Waals surface area contributed by atoms with E-state index in [-0.39, 0.29) is 17.2 Å². The molecule has 0 saturated carbocycles. The number of aryl methyl sites for hydroxylation is 1. The van der Waals surface area contributed by atoms with E-state index in [1.54, 1.807) is 0 Å². The van der Waals surface area contributed by atoms with Crippen molar-refractivity contribution in [1.29, 1.82) is 0 Å². The highest BCUT2D eigenvalue weighted by atomic mass is 16.1. The van der Waals surface area contributed by atoms with Crippen LogP contribution in [-0.4, -0.2) is 19.0 Å². The van der Waals surface area contributed by atoms with Gasteiger partial charge in [-0.15, -0.1) is 0 Å². The Morgan fingerprint density at radius 2 is 1.95 bits per heavy atom. The van der Waals surface area contributed by atoms with E-state index in [4.69, 9.17) is 5.73 Å². The van der Waals surface area contributed by atoms with E-state index < -0.39 is 0 Å². The predicted molar refractivity (Wildman–Crippen MR) is 84.5 cm³/mol. The van der Waals surface area contributed by atoms with E-state index in [0.717, 1.165) is 12.8 Å². The Bertz CT molecular complexity index is 435. The number of carbonyl (C=O) groups is 1. The van der Waals surface area contributed by atoms with Gasteiger partial charge in [0.15, 0.2) is 0 Å². The first-order chi connectivity index (χ1) is 9.33. The van der Waals surface area contributed by atoms with Crippen molar-refractivity contribution in [3.05, 3.63) is 35.4 Å². The molecule has 0 aliphatic heterocycles. The highest BCUT2D eigenvalue weighted by Crippen LogP contribution is 2.23. The molecule has 0 bridgehead atoms. The van der Waals surface area contributed by atoms with Crippen LogP contribution < -0.4 is 11.1 Å². The van der Waals surface area contributed by atoms with Crippen LogP contribution >= 0.6 is 0 Å². The lowest BCUT2D eigenvalue weighted by Gasteiger charge is -2.24. The van der Waals surface area contributed by atoms with Gasteiger partial charge >= 0.3 is 0 Å². The van der Waals surface area contributed by atoms with Gasteiger partial charge in [-0.25, -0.2) is 0 Å². The molecule has 1 aromatic rings. The lowest BCUT2D eigenvalue weighted by Crippen LogP contribution is -2.38. The molecule has 3 N–H and O–H groups in total. The Labute approximate surface area is 122 Å². The van der Waals surface area contributed by atoms with Crippen LogP contribution in [0.1, 0.15) is 38.3 Å². The summed E-state index contributed by atoms with van der Waals surface area (Å²) < 4.78 is 0. The van der Waals surface area contributed by atoms with Crippen LogP contribution in [0.25, 0.3) is 0 Å². The van der Waals surface area contributed by atoms with Crippen molar-refractivity contribution in [2.45, 2.75) is 40.5 Å². The molecule has 0 aliphatic rings. The molecule has 0 spiro atoms. The summed E-state index contributed by atoms with van der Waals surface area (Å²) in [4.78, 5) is 12.1. The largest absolute Gasteiger partial charge is 0.355 e. The maximum atomic E-state index is 12.1. The van der Waals surface area contributed by atoms with Gasteiger partial charge in [-0.05, 0) is 36.3 Å². The molecule has 3 heteroatoms. The number of carbonyl (C=O) groups excluding carboxylic acids is 1. The third kappa shape index (κ3) is 5.74. The third-order valence-corrected chi connectivity index (χ3v) is 3.47. The third-order valence-electron chi connectivity index (χ3n) is 3.47. The summed E-state index contributed by atoms with van der Waals surface area (Å²) >= 11 is 0. The zero-order valence-electron chi connectivity index (χ0n) is 13.2. The molecular formula is C17H28N2O. The van der Waals surface area contributed by atoms with E-state index in [0.29, 0.717) is 13.1 Å². The van der Waals surface area contributed by atoms with Crippen LogP contribution in [0.5, 0.6) is 0 Å². The van der Waals surface area contributed by atoms with E-state index in [9.17, 15) is 4.79 Å². The molecule has 1 amide bonds. The summed E-state index contributed by atoms with van der Waals surface area (Å²) in [6.07, 6.45) is 1.69. The number of amides is 1. The van der Waals surface area contributed by atoms with Crippen molar-refractivity contribution in [3.63, 3.8) is 0 Å². The first kappa shape index (κ1) is 16.7. The van der Waals surface area contributed by atoms with Crippen LogP contribution in [0.3, 0.4) is 0 Å². The second kappa shape index (κ2) is 7.44. The molecular weight excluding hydrogens is 248 g/mol. The predicted octanol–water partition coefficient (Wildman–Crippen LogP) is 2.66. The summed E-state index contributed by atoms with van der Waals surface area (Å²) in [6, 6.07) is 8.27. The van der Waals surface area contributed by atoms with Gasteiger partial charge in [-0.3, -0.25) is 4.79 Å². The topological polar surface area (TPSA) is 55.1 Å². The molecule has 1 aromatic carbocycles. The molecule has 1 rings (SSSR count). The number of benzene rings is 1. The number of hydrogen-bond acceptors (Lipinski definition) is 2. The summed E-state index contributed by atoms with van der Waals surface area (Å²) in [7, 11) is 0. The van der Waals surface area contributed by atoms with Crippen LogP contribution in [0.2, 0.25) is 0 Å². The van der Waals surface area contributed by atoms with Crippen molar-refractivity contribution >= 4 is 5.91 Å². The van der Waals surface area contributed by atoms with E-state index in [1.807, 2.05) is 12.1 Å². The Morgan fingerprint density at radius 1 is 1.30 bits per heavy atom. The van der Waals surface area contributed by atoms with E-state index in [2.05, 4.69) is 45.1 Å². The summed E-state index contributed by atoms with van der Waals surface area (Å²) in [6.45, 7) is 9.58. The van der Waals surface area contributed by atoms with Crippen molar-refractivity contribution < 1.29 is 4.79 Å². The van der Waals surface area contributed by atoms with Gasteiger partial charge in [0.1, 0.15) is 0 Å². The highest BCUT2D eigenvalue weighted by Gasteiger charge is 2.23. The van der Waals surface area contributed by atoms with Gasteiger partial charge in [0.25, 0.3) is 0 Å². The maximum absolute atomic E-state index is 12.1. The van der Waals surface area contributed by atoms with Crippen molar-refractivity contribution in [2.75, 3.05) is 13.1 Å². The molecule has 112 valence electrons. The molecule has 0 fully saturated rings. The van der Waals surface area contributed by atoms with Gasteiger partial charge < -0.3 is 11.1 Å². The summed E-state index contributed by atoms with van der Waals surface area (Å²) in [5.74, 6) is -0.0112. The van der Waals surface area contributed by atoms with E-state index in [1.165, 1.54) is 11.1 Å². The monoisotopic (exact) mass is 276 g/mol. The minimum Gasteiger partial charge on any atom is -0.355 e. The standard InChI is InChI=1S/C17H28N2O/c1-13-7-5-6-8-14(13)9-10-19-16(20)15(12-18)11-17(2,3)4/h5-8,15H,9-12,18H2,1-4H3,(H,19,20). The lowest BCUT2D eigenvalue weighted by molar-refractivity contribution is -0.125. The normalized spacial score (nSPS) is 13.1. The van der Waals surface area contributed by atoms with Gasteiger partial charge in [-0.2, -0.15) is 0 Å². The minimum atomic E-state index is -0.0909. The van der Waals surface area contributed by atoms with Crippen LogP contribution in [0.4, 0.5) is 0 Å². The Morgan fingerprint density at radius 3 is 2.50 bits per heavy atom. The number of nitrogens with one attached hydrogen (secondary N) is 1. The molecule has 0 saturated heterocycles. The number of hydrogen-bond donors (Lipinski definition) is 2. The van der Waals surface area contributed by atoms with Crippen molar-refractivity contribution in [3.8, 4) is 0 Å². The SMILES string of the molecule is Cc1ccccc1CCNC(=O)C(CN)CC(C)(C)C. The quantitative estimate of drug-likeness (QED) is 0.839. The van der Waals surface area contributed by atoms with Gasteiger partial charge in [-0.1, -0.05) is 45.0 Å². The van der Waals surface area contributed by atoms with Crippen LogP contribution in [-0.2, 0) is 11.2 Å². The first-order valence-corrected chi connectivity index (χ1v) is 7.36. The Balaban J connectivity index is 2.44. The first-order valence-electron chi connectivity index (χ1n) is 7.36. The van der Waals surface area contributed by atoms with Gasteiger partial charge in [0.05, 0.1) is 5.92 Å². The molecule has 20 heavy (non-hydrogen) atoms. The summed E-state index contributed by atoms with van der Waals surface area (Å²) in [5.41, 5.74) is 8.40. The average molecular weight is 276 g/mol. The average Bonchev–Trinajstić information content (AvgIpc) is 2.37. The summed E-state index contributed by atoms with van der Waals surface area (Å²) in [5, 5.41) is 3.01. The van der Waals surface area contributed by atoms with Crippen molar-refractivity contribution in [2.24, 2.45) is 17.1 Å². The number of rotatable bonds is 6. The minimum absolute atomic E-state index is 0.0796. The molecule has 0 heterocycles. The Kier molecular flexibility index (Phi) is 6.21. The molecule has 3 nitrogen and oxygen atoms in total. The van der Waals surface area contributed by atoms with Gasteiger partial charge in [0, 0.05) is 13.1 Å². The lowest BCUT2D eigenvalue weighted by atomic mass is 9.84. The smallest absolute Gasteiger partial charge is 0.224 e. The molecule has 0 aliphatic carbocycles. The van der Waals surface area contributed by atoms with Crippen LogP contribution in [0.15, 0.2) is 24.3 Å². The van der Waals surface area contributed by atoms with Crippen LogP contribution in [0, 0.1) is 18.3 Å². The number of nitrogens with two attached hydrogens (primary N) is 1. The fourth-order valence-corrected chi connectivity index (χ4v) is 2.38. The fraction of sp³-hybridized carbons (Fsp3) is 0.588. The molecule has 1 atom stereocenters. The van der Waals surface area contributed by atoms with Crippen molar-refractivity contribution in [1.82, 2.24) is 5.32 Å². The molecule has 1 unspecified atom stereocenters. The second-order valence-electron chi connectivity index (χ2n) is 6.66.